The number of carbonyl (C=O) groups excluding carboxylic acids is 1. The van der Waals surface area contributed by atoms with Crippen LogP contribution in [-0.2, 0) is 9.59 Å². The Morgan fingerprint density at radius 3 is 2.82 bits per heavy atom. The minimum Gasteiger partial charge on any atom is -0.481 e. The highest BCUT2D eigenvalue weighted by Crippen LogP contribution is 2.39. The average Bonchev–Trinajstić information content (AvgIpc) is 2.94. The molecule has 5 heteroatoms. The van der Waals surface area contributed by atoms with Gasteiger partial charge in [-0.25, -0.2) is 0 Å². The van der Waals surface area contributed by atoms with E-state index in [0.717, 1.165) is 11.3 Å². The van der Waals surface area contributed by atoms with Gasteiger partial charge in [0.05, 0.1) is 17.9 Å². The molecule has 17 heavy (non-hydrogen) atoms. The van der Waals surface area contributed by atoms with Gasteiger partial charge in [-0.1, -0.05) is 13.0 Å². The first-order chi connectivity index (χ1) is 8.13. The second kappa shape index (κ2) is 4.87. The monoisotopic (exact) mass is 253 g/mol. The summed E-state index contributed by atoms with van der Waals surface area (Å²) in [6.45, 7) is 2.01. The van der Waals surface area contributed by atoms with Crippen LogP contribution in [0.15, 0.2) is 17.5 Å². The maximum absolute atomic E-state index is 11.8. The summed E-state index contributed by atoms with van der Waals surface area (Å²) in [5.74, 6) is -1.80. The fourth-order valence-corrected chi connectivity index (χ4v) is 2.76. The van der Waals surface area contributed by atoms with Gasteiger partial charge in [-0.3, -0.25) is 9.59 Å². The second-order valence-corrected chi connectivity index (χ2v) is 5.25. The number of thiophene rings is 1. The molecule has 1 saturated carbocycles. The van der Waals surface area contributed by atoms with E-state index in [1.807, 2.05) is 24.4 Å². The van der Waals surface area contributed by atoms with Crippen molar-refractivity contribution in [3.05, 3.63) is 22.4 Å². The smallest absolute Gasteiger partial charge is 0.307 e. The zero-order valence-corrected chi connectivity index (χ0v) is 10.4. The lowest BCUT2D eigenvalue weighted by Crippen LogP contribution is -2.30. The largest absolute Gasteiger partial charge is 0.481 e. The summed E-state index contributed by atoms with van der Waals surface area (Å²) in [7, 11) is 0. The Kier molecular flexibility index (Phi) is 3.47. The van der Waals surface area contributed by atoms with Crippen molar-refractivity contribution in [2.75, 3.05) is 0 Å². The highest BCUT2D eigenvalue weighted by Gasteiger charge is 2.48. The number of rotatable bonds is 5. The van der Waals surface area contributed by atoms with Gasteiger partial charge in [0.2, 0.25) is 5.91 Å². The lowest BCUT2D eigenvalue weighted by molar-refractivity contribution is -0.140. The van der Waals surface area contributed by atoms with Gasteiger partial charge < -0.3 is 10.4 Å². The van der Waals surface area contributed by atoms with Crippen molar-refractivity contribution in [1.29, 1.82) is 0 Å². The first kappa shape index (κ1) is 12.1. The van der Waals surface area contributed by atoms with E-state index in [-0.39, 0.29) is 17.9 Å². The zero-order valence-electron chi connectivity index (χ0n) is 9.55. The van der Waals surface area contributed by atoms with Crippen LogP contribution in [0.3, 0.4) is 0 Å². The number of nitrogens with one attached hydrogen (secondary N) is 1. The fraction of sp³-hybridized carbons (Fsp3) is 0.500. The number of amides is 1. The molecule has 4 nitrogen and oxygen atoms in total. The van der Waals surface area contributed by atoms with Crippen LogP contribution in [0.5, 0.6) is 0 Å². The fourth-order valence-electron chi connectivity index (χ4n) is 1.90. The van der Waals surface area contributed by atoms with Crippen molar-refractivity contribution in [1.82, 2.24) is 5.32 Å². The Morgan fingerprint density at radius 1 is 1.59 bits per heavy atom. The Morgan fingerprint density at radius 2 is 2.35 bits per heavy atom. The van der Waals surface area contributed by atoms with E-state index in [1.165, 1.54) is 0 Å². The molecule has 2 rings (SSSR count). The van der Waals surface area contributed by atoms with Crippen LogP contribution < -0.4 is 5.32 Å². The highest BCUT2D eigenvalue weighted by molar-refractivity contribution is 7.10. The number of carboxylic acid groups (broad SMARTS) is 1. The van der Waals surface area contributed by atoms with Crippen LogP contribution in [0.2, 0.25) is 0 Å². The lowest BCUT2D eigenvalue weighted by atomic mass is 10.1. The minimum atomic E-state index is -0.866. The summed E-state index contributed by atoms with van der Waals surface area (Å²) >= 11 is 1.61. The SMILES string of the molecule is CCC(NC(=O)[C@@H]1C[C@@H]1C(=O)O)c1cccs1. The van der Waals surface area contributed by atoms with Gasteiger partial charge in [0.25, 0.3) is 0 Å². The summed E-state index contributed by atoms with van der Waals surface area (Å²) in [5.41, 5.74) is 0. The first-order valence-electron chi connectivity index (χ1n) is 5.70. The van der Waals surface area contributed by atoms with Gasteiger partial charge in [0.1, 0.15) is 0 Å². The molecule has 0 aliphatic heterocycles. The van der Waals surface area contributed by atoms with Crippen LogP contribution in [0.4, 0.5) is 0 Å². The van der Waals surface area contributed by atoms with E-state index < -0.39 is 11.9 Å². The standard InChI is InChI=1S/C12H15NO3S/c1-2-9(10-4-3-5-17-10)13-11(14)7-6-8(7)12(15)16/h3-5,7-9H,2,6H2,1H3,(H,13,14)(H,15,16)/t7-,8+,9?/m1/s1. The molecule has 1 heterocycles. The van der Waals surface area contributed by atoms with Crippen LogP contribution >= 0.6 is 11.3 Å². The molecule has 92 valence electrons. The number of carbonyl (C=O) groups is 2. The third-order valence-corrected chi connectivity index (χ3v) is 4.04. The van der Waals surface area contributed by atoms with Crippen molar-refractivity contribution >= 4 is 23.2 Å². The minimum absolute atomic E-state index is 0.0116. The number of hydrogen-bond donors (Lipinski definition) is 2. The van der Waals surface area contributed by atoms with Gasteiger partial charge in [-0.05, 0) is 24.3 Å². The van der Waals surface area contributed by atoms with Gasteiger partial charge in [-0.15, -0.1) is 11.3 Å². The van der Waals surface area contributed by atoms with Gasteiger partial charge in [0.15, 0.2) is 0 Å². The predicted molar refractivity (Wildman–Crippen MR) is 64.7 cm³/mol. The van der Waals surface area contributed by atoms with Gasteiger partial charge in [0, 0.05) is 4.88 Å². The van der Waals surface area contributed by atoms with Crippen molar-refractivity contribution in [3.8, 4) is 0 Å². The molecular weight excluding hydrogens is 238 g/mol. The molecular formula is C12H15NO3S. The second-order valence-electron chi connectivity index (χ2n) is 4.27. The maximum atomic E-state index is 11.8. The maximum Gasteiger partial charge on any atom is 0.307 e. The Hall–Kier alpha value is -1.36. The molecule has 1 aliphatic carbocycles. The van der Waals surface area contributed by atoms with E-state index in [9.17, 15) is 9.59 Å². The molecule has 1 aromatic rings. The van der Waals surface area contributed by atoms with Gasteiger partial charge in [-0.2, -0.15) is 0 Å². The molecule has 0 radical (unpaired) electrons. The molecule has 0 aromatic carbocycles. The molecule has 1 aliphatic rings. The van der Waals surface area contributed by atoms with Crippen LogP contribution in [0.1, 0.15) is 30.7 Å². The predicted octanol–water partition coefficient (Wildman–Crippen LogP) is 2.04. The quantitative estimate of drug-likeness (QED) is 0.843. The third-order valence-electron chi connectivity index (χ3n) is 3.06. The Balaban J connectivity index is 1.92. The van der Waals surface area contributed by atoms with Crippen molar-refractivity contribution < 1.29 is 14.7 Å². The van der Waals surface area contributed by atoms with E-state index in [1.54, 1.807) is 11.3 Å². The normalized spacial score (nSPS) is 24.1. The number of aliphatic carboxylic acids is 1. The van der Waals surface area contributed by atoms with Crippen LogP contribution in [0.25, 0.3) is 0 Å². The molecule has 3 atom stereocenters. The zero-order chi connectivity index (χ0) is 12.4. The van der Waals surface area contributed by atoms with Crippen LogP contribution in [-0.4, -0.2) is 17.0 Å². The summed E-state index contributed by atoms with van der Waals surface area (Å²) in [6, 6.07) is 3.95. The van der Waals surface area contributed by atoms with E-state index >= 15 is 0 Å². The number of carboxylic acids is 1. The molecule has 1 unspecified atom stereocenters. The molecule has 0 spiro atoms. The van der Waals surface area contributed by atoms with Gasteiger partial charge >= 0.3 is 5.97 Å². The highest BCUT2D eigenvalue weighted by atomic mass is 32.1. The van der Waals surface area contributed by atoms with Crippen molar-refractivity contribution in [2.24, 2.45) is 11.8 Å². The topological polar surface area (TPSA) is 66.4 Å². The molecule has 1 amide bonds. The molecule has 0 saturated heterocycles. The average molecular weight is 253 g/mol. The Bertz CT molecular complexity index is 415. The Labute approximate surface area is 104 Å². The lowest BCUT2D eigenvalue weighted by Gasteiger charge is -2.15. The van der Waals surface area contributed by atoms with E-state index in [2.05, 4.69) is 5.32 Å². The first-order valence-corrected chi connectivity index (χ1v) is 6.58. The molecule has 0 bridgehead atoms. The van der Waals surface area contributed by atoms with E-state index in [0.29, 0.717) is 6.42 Å². The van der Waals surface area contributed by atoms with Crippen LogP contribution in [0, 0.1) is 11.8 Å². The summed E-state index contributed by atoms with van der Waals surface area (Å²) in [6.07, 6.45) is 1.29. The molecule has 1 fully saturated rings. The number of hydrogen-bond acceptors (Lipinski definition) is 3. The summed E-state index contributed by atoms with van der Waals surface area (Å²) in [4.78, 5) is 23.6. The molecule has 2 N–H and O–H groups in total. The molecule has 1 aromatic heterocycles. The van der Waals surface area contributed by atoms with Crippen molar-refractivity contribution in [2.45, 2.75) is 25.8 Å². The van der Waals surface area contributed by atoms with Crippen molar-refractivity contribution in [3.63, 3.8) is 0 Å². The summed E-state index contributed by atoms with van der Waals surface area (Å²) < 4.78 is 0. The third kappa shape index (κ3) is 2.66. The van der Waals surface area contributed by atoms with E-state index in [4.69, 9.17) is 5.11 Å². The summed E-state index contributed by atoms with van der Waals surface area (Å²) in [5, 5.41) is 13.7.